The van der Waals surface area contributed by atoms with E-state index in [0.29, 0.717) is 18.4 Å². The van der Waals surface area contributed by atoms with Gasteiger partial charge in [-0.2, -0.15) is 0 Å². The fourth-order valence-electron chi connectivity index (χ4n) is 5.05. The molecule has 0 aliphatic carbocycles. The first kappa shape index (κ1) is 21.8. The Kier molecular flexibility index (Phi) is 6.00. The maximum Gasteiger partial charge on any atom is 0.277 e. The van der Waals surface area contributed by atoms with E-state index < -0.39 is 6.35 Å². The van der Waals surface area contributed by atoms with Crippen LogP contribution < -0.4 is 10.2 Å². The summed E-state index contributed by atoms with van der Waals surface area (Å²) in [5.41, 5.74) is 5.66. The van der Waals surface area contributed by atoms with Gasteiger partial charge in [0.2, 0.25) is 6.35 Å². The van der Waals surface area contributed by atoms with E-state index in [0.717, 1.165) is 36.4 Å². The van der Waals surface area contributed by atoms with Crippen molar-refractivity contribution in [2.45, 2.75) is 51.9 Å². The van der Waals surface area contributed by atoms with Gasteiger partial charge in [-0.25, -0.2) is 9.98 Å². The van der Waals surface area contributed by atoms with Crippen molar-refractivity contribution in [1.29, 1.82) is 0 Å². The molecule has 0 aromatic heterocycles. The molecule has 7 heteroatoms. The predicted molar refractivity (Wildman–Crippen MR) is 131 cm³/mol. The Morgan fingerprint density at radius 3 is 2.70 bits per heavy atom. The molecule has 3 aliphatic heterocycles. The Morgan fingerprint density at radius 2 is 1.88 bits per heavy atom. The fraction of sp³-hybridized carbons (Fsp3) is 0.423. The summed E-state index contributed by atoms with van der Waals surface area (Å²) < 4.78 is 0. The van der Waals surface area contributed by atoms with Crippen molar-refractivity contribution in [2.24, 2.45) is 9.98 Å². The van der Waals surface area contributed by atoms with Crippen molar-refractivity contribution >= 4 is 28.8 Å². The molecule has 3 aliphatic rings. The molecule has 1 fully saturated rings. The number of amides is 1. The first-order chi connectivity index (χ1) is 16.0. The minimum absolute atomic E-state index is 0.274. The smallest absolute Gasteiger partial charge is 0.277 e. The number of amidine groups is 1. The monoisotopic (exact) mass is 445 g/mol. The number of aliphatic hydroxyl groups excluding tert-OH is 1. The minimum Gasteiger partial charge on any atom is -0.355 e. The van der Waals surface area contributed by atoms with E-state index in [4.69, 9.17) is 0 Å². The van der Waals surface area contributed by atoms with Crippen LogP contribution in [0.4, 0.5) is 11.4 Å². The third-order valence-electron chi connectivity index (χ3n) is 6.98. The molecule has 1 saturated heterocycles. The second kappa shape index (κ2) is 9.08. The van der Waals surface area contributed by atoms with Gasteiger partial charge in [-0.3, -0.25) is 9.69 Å². The molecule has 2 aromatic carbocycles. The first-order valence-corrected chi connectivity index (χ1v) is 11.8. The Balaban J connectivity index is 1.42. The number of aryl methyl sites for hydroxylation is 2. The van der Waals surface area contributed by atoms with Crippen LogP contribution in [-0.2, 0) is 11.2 Å². The minimum atomic E-state index is -1.25. The number of hydrogen-bond donors (Lipinski definition) is 2. The van der Waals surface area contributed by atoms with E-state index in [1.807, 2.05) is 6.07 Å². The highest BCUT2D eigenvalue weighted by Crippen LogP contribution is 2.36. The maximum atomic E-state index is 12.6. The van der Waals surface area contributed by atoms with E-state index in [1.54, 1.807) is 0 Å². The summed E-state index contributed by atoms with van der Waals surface area (Å²) >= 11 is 0. The van der Waals surface area contributed by atoms with Gasteiger partial charge in [0.05, 0.1) is 11.4 Å². The molecule has 0 radical (unpaired) electrons. The normalized spacial score (nSPS) is 22.8. The SMILES string of the molecule is Cc1cc2c(cc1C)N(CCN1CCCCC1Cc1ccccc1)C1=NC(O)NC(=O)C1=N2. The van der Waals surface area contributed by atoms with Gasteiger partial charge in [0.1, 0.15) is 0 Å². The van der Waals surface area contributed by atoms with Crippen LogP contribution in [-0.4, -0.2) is 59.5 Å². The summed E-state index contributed by atoms with van der Waals surface area (Å²) in [6.07, 6.45) is 3.45. The van der Waals surface area contributed by atoms with Crippen LogP contribution in [0, 0.1) is 13.8 Å². The van der Waals surface area contributed by atoms with Crippen molar-refractivity contribution in [3.63, 3.8) is 0 Å². The molecular formula is C26H31N5O2. The van der Waals surface area contributed by atoms with Gasteiger partial charge in [-0.1, -0.05) is 36.8 Å². The number of benzene rings is 2. The largest absolute Gasteiger partial charge is 0.355 e. The van der Waals surface area contributed by atoms with Crippen LogP contribution >= 0.6 is 0 Å². The van der Waals surface area contributed by atoms with Crippen molar-refractivity contribution in [3.05, 3.63) is 59.2 Å². The first-order valence-electron chi connectivity index (χ1n) is 11.8. The highest BCUT2D eigenvalue weighted by Gasteiger charge is 2.36. The quantitative estimate of drug-likeness (QED) is 0.741. The lowest BCUT2D eigenvalue weighted by Crippen LogP contribution is -2.55. The Bertz CT molecular complexity index is 1110. The van der Waals surface area contributed by atoms with Crippen LogP contribution in [0.25, 0.3) is 0 Å². The summed E-state index contributed by atoms with van der Waals surface area (Å²) in [7, 11) is 0. The zero-order valence-electron chi connectivity index (χ0n) is 19.3. The average Bonchev–Trinajstić information content (AvgIpc) is 2.80. The molecule has 0 spiro atoms. The van der Waals surface area contributed by atoms with Gasteiger partial charge < -0.3 is 15.3 Å². The number of piperidine rings is 1. The standard InChI is InChI=1S/C26H31N5O2/c1-17-14-21-22(15-18(17)2)31(24-23(27-21)25(32)29-26(33)28-24)13-12-30-11-7-6-10-20(30)16-19-8-4-3-5-9-19/h3-5,8-9,14-15,20,26,33H,6-7,10-13,16H2,1-2H3,(H,29,32). The van der Waals surface area contributed by atoms with Crippen molar-refractivity contribution in [2.75, 3.05) is 24.5 Å². The third-order valence-corrected chi connectivity index (χ3v) is 6.98. The highest BCUT2D eigenvalue weighted by molar-refractivity contribution is 6.70. The molecular weight excluding hydrogens is 414 g/mol. The van der Waals surface area contributed by atoms with Gasteiger partial charge in [0.25, 0.3) is 5.91 Å². The number of nitrogens with zero attached hydrogens (tertiary/aromatic N) is 4. The van der Waals surface area contributed by atoms with E-state index in [-0.39, 0.29) is 11.6 Å². The summed E-state index contributed by atoms with van der Waals surface area (Å²) in [5.74, 6) is 0.0694. The molecule has 3 heterocycles. The van der Waals surface area contributed by atoms with Gasteiger partial charge in [0.15, 0.2) is 11.5 Å². The molecule has 2 unspecified atom stereocenters. The van der Waals surface area contributed by atoms with Crippen LogP contribution in [0.5, 0.6) is 0 Å². The summed E-state index contributed by atoms with van der Waals surface area (Å²) in [6, 6.07) is 15.3. The number of carbonyl (C=O) groups is 1. The van der Waals surface area contributed by atoms with Crippen LogP contribution in [0.15, 0.2) is 52.4 Å². The van der Waals surface area contributed by atoms with E-state index in [9.17, 15) is 9.90 Å². The molecule has 2 aromatic rings. The number of rotatable bonds is 5. The molecule has 2 atom stereocenters. The molecule has 2 N–H and O–H groups in total. The van der Waals surface area contributed by atoms with E-state index in [1.165, 1.54) is 30.4 Å². The van der Waals surface area contributed by atoms with Crippen molar-refractivity contribution in [1.82, 2.24) is 10.2 Å². The summed E-state index contributed by atoms with van der Waals surface area (Å²) in [4.78, 5) is 26.2. The van der Waals surface area contributed by atoms with Gasteiger partial charge in [0, 0.05) is 19.1 Å². The Hall–Kier alpha value is -3.03. The van der Waals surface area contributed by atoms with Crippen LogP contribution in [0.2, 0.25) is 0 Å². The Labute approximate surface area is 194 Å². The molecule has 5 rings (SSSR count). The maximum absolute atomic E-state index is 12.6. The molecule has 7 nitrogen and oxygen atoms in total. The predicted octanol–water partition coefficient (Wildman–Crippen LogP) is 3.10. The van der Waals surface area contributed by atoms with Crippen molar-refractivity contribution in [3.8, 4) is 0 Å². The highest BCUT2D eigenvalue weighted by atomic mass is 16.3. The van der Waals surface area contributed by atoms with E-state index >= 15 is 0 Å². The number of aliphatic hydroxyl groups is 1. The molecule has 0 bridgehead atoms. The number of anilines is 1. The van der Waals surface area contributed by atoms with Gasteiger partial charge in [-0.15, -0.1) is 0 Å². The third kappa shape index (κ3) is 4.43. The lowest BCUT2D eigenvalue weighted by molar-refractivity contribution is -0.117. The number of aliphatic imine (C=N–C) groups is 2. The lowest BCUT2D eigenvalue weighted by atomic mass is 9.95. The zero-order valence-corrected chi connectivity index (χ0v) is 19.3. The number of hydrogen-bond acceptors (Lipinski definition) is 6. The summed E-state index contributed by atoms with van der Waals surface area (Å²) in [5, 5.41) is 12.6. The molecule has 1 amide bonds. The second-order valence-corrected chi connectivity index (χ2v) is 9.21. The van der Waals surface area contributed by atoms with Gasteiger partial charge >= 0.3 is 0 Å². The average molecular weight is 446 g/mol. The van der Waals surface area contributed by atoms with Crippen LogP contribution in [0.3, 0.4) is 0 Å². The second-order valence-electron chi connectivity index (χ2n) is 9.21. The number of carbonyl (C=O) groups excluding carboxylic acids is 1. The van der Waals surface area contributed by atoms with Crippen molar-refractivity contribution < 1.29 is 9.90 Å². The Morgan fingerprint density at radius 1 is 1.09 bits per heavy atom. The van der Waals surface area contributed by atoms with Gasteiger partial charge in [-0.05, 0) is 68.5 Å². The number of likely N-dealkylation sites (tertiary alicyclic amines) is 1. The fourth-order valence-corrected chi connectivity index (χ4v) is 5.05. The lowest BCUT2D eigenvalue weighted by Gasteiger charge is -2.39. The van der Waals surface area contributed by atoms with E-state index in [2.05, 4.69) is 75.3 Å². The summed E-state index contributed by atoms with van der Waals surface area (Å²) in [6.45, 7) is 6.74. The topological polar surface area (TPSA) is 80.5 Å². The molecule has 0 saturated carbocycles. The van der Waals surface area contributed by atoms with Crippen LogP contribution in [0.1, 0.15) is 36.0 Å². The zero-order chi connectivity index (χ0) is 22.9. The number of fused-ring (bicyclic) bond motifs is 2. The molecule has 172 valence electrons. The number of nitrogens with one attached hydrogen (secondary N) is 1. The molecule has 33 heavy (non-hydrogen) atoms.